The summed E-state index contributed by atoms with van der Waals surface area (Å²) < 4.78 is 13.5. The predicted octanol–water partition coefficient (Wildman–Crippen LogP) is -3.89. The van der Waals surface area contributed by atoms with Gasteiger partial charge >= 0.3 is 0 Å². The molecular formula is C5H9O8P-2. The molecular weight excluding hydrogens is 219 g/mol. The van der Waals surface area contributed by atoms with Gasteiger partial charge in [0.05, 0.1) is 14.4 Å². The van der Waals surface area contributed by atoms with Crippen molar-refractivity contribution in [3.05, 3.63) is 0 Å². The van der Waals surface area contributed by atoms with Crippen LogP contribution < -0.4 is 9.79 Å². The largest absolute Gasteiger partial charge is 0.790 e. The van der Waals surface area contributed by atoms with Crippen molar-refractivity contribution < 1.29 is 39.0 Å². The number of hydrogen-bond acceptors (Lipinski definition) is 8. The third-order valence-corrected chi connectivity index (χ3v) is 1.72. The normalized spacial score (nSPS) is 16.4. The van der Waals surface area contributed by atoms with Crippen molar-refractivity contribution in [3.8, 4) is 0 Å². The number of ketones is 1. The zero-order chi connectivity index (χ0) is 11.4. The molecule has 3 N–H and O–H groups in total. The minimum absolute atomic E-state index is 1.01. The topological polar surface area (TPSA) is 150 Å². The number of aliphatic hydroxyl groups excluding tert-OH is 3. The number of Topliss-reactive ketones (excluding diaryl/α,β-unsaturated/α-hetero) is 1. The Labute approximate surface area is 79.0 Å². The number of carbonyl (C=O) groups excluding carboxylic acids is 1. The van der Waals surface area contributed by atoms with Crippen LogP contribution in [0, 0.1) is 0 Å². The number of rotatable bonds is 6. The van der Waals surface area contributed by atoms with E-state index in [0.717, 1.165) is 0 Å². The molecule has 84 valence electrons. The highest BCUT2D eigenvalue weighted by Gasteiger charge is 2.23. The van der Waals surface area contributed by atoms with E-state index < -0.39 is 39.0 Å². The average Bonchev–Trinajstić information content (AvgIpc) is 2.10. The standard InChI is InChI=1S/C5H11O8P/c6-1-3(7)5(9)4(8)2-13-14(10,11)12/h4-6,8-9H,1-2H2,(H2,10,11,12)/p-2/t4-,5-/m1/s1. The molecule has 0 heterocycles. The maximum atomic E-state index is 10.5. The van der Waals surface area contributed by atoms with E-state index in [1.54, 1.807) is 0 Å². The molecule has 0 aromatic rings. The first-order chi connectivity index (χ1) is 6.28. The van der Waals surface area contributed by atoms with Crippen LogP contribution >= 0.6 is 7.82 Å². The third-order valence-electron chi connectivity index (χ3n) is 1.25. The van der Waals surface area contributed by atoms with E-state index in [9.17, 15) is 19.1 Å². The van der Waals surface area contributed by atoms with Crippen molar-refractivity contribution in [3.63, 3.8) is 0 Å². The van der Waals surface area contributed by atoms with Gasteiger partial charge in [0.15, 0.2) is 5.78 Å². The van der Waals surface area contributed by atoms with Gasteiger partial charge in [0.2, 0.25) is 0 Å². The second-order valence-corrected chi connectivity index (χ2v) is 3.53. The number of phosphoric ester groups is 1. The summed E-state index contributed by atoms with van der Waals surface area (Å²) in [6, 6.07) is 0. The van der Waals surface area contributed by atoms with E-state index in [-0.39, 0.29) is 0 Å². The second kappa shape index (κ2) is 5.52. The van der Waals surface area contributed by atoms with Crippen LogP contribution in [0.4, 0.5) is 0 Å². The highest BCUT2D eigenvalue weighted by atomic mass is 31.2. The van der Waals surface area contributed by atoms with Gasteiger partial charge in [-0.25, -0.2) is 0 Å². The van der Waals surface area contributed by atoms with Gasteiger partial charge in [-0.15, -0.1) is 0 Å². The highest BCUT2D eigenvalue weighted by molar-refractivity contribution is 7.43. The summed E-state index contributed by atoms with van der Waals surface area (Å²) in [6.07, 6.45) is -3.85. The fourth-order valence-corrected chi connectivity index (χ4v) is 0.902. The molecule has 0 aliphatic rings. The van der Waals surface area contributed by atoms with E-state index in [1.165, 1.54) is 0 Å². The number of phosphoric acid groups is 1. The summed E-state index contributed by atoms with van der Waals surface area (Å²) in [7, 11) is -5.24. The lowest BCUT2D eigenvalue weighted by Gasteiger charge is -2.30. The lowest BCUT2D eigenvalue weighted by atomic mass is 10.1. The fraction of sp³-hybridized carbons (Fsp3) is 0.800. The van der Waals surface area contributed by atoms with Gasteiger partial charge in [-0.05, 0) is 0 Å². The Kier molecular flexibility index (Phi) is 5.38. The molecule has 0 aromatic heterocycles. The Bertz CT molecular complexity index is 234. The Balaban J connectivity index is 4.02. The smallest absolute Gasteiger partial charge is 0.189 e. The Morgan fingerprint density at radius 3 is 2.29 bits per heavy atom. The molecule has 2 atom stereocenters. The van der Waals surface area contributed by atoms with Crippen LogP contribution in [-0.2, 0) is 13.9 Å². The summed E-state index contributed by atoms with van der Waals surface area (Å²) in [6.45, 7) is -2.04. The van der Waals surface area contributed by atoms with Crippen molar-refractivity contribution in [2.45, 2.75) is 12.2 Å². The quantitative estimate of drug-likeness (QED) is 0.390. The van der Waals surface area contributed by atoms with E-state index in [2.05, 4.69) is 4.52 Å². The Morgan fingerprint density at radius 1 is 1.43 bits per heavy atom. The van der Waals surface area contributed by atoms with Crippen molar-refractivity contribution in [2.24, 2.45) is 0 Å². The SMILES string of the molecule is O=C(CO)[C@@H](O)[C@H](O)COP(=O)([O-])[O-]. The molecule has 0 unspecified atom stereocenters. The van der Waals surface area contributed by atoms with Crippen molar-refractivity contribution in [2.75, 3.05) is 13.2 Å². The van der Waals surface area contributed by atoms with E-state index in [1.807, 2.05) is 0 Å². The zero-order valence-corrected chi connectivity index (χ0v) is 7.79. The molecule has 9 heteroatoms. The molecule has 0 bridgehead atoms. The first kappa shape index (κ1) is 13.7. The monoisotopic (exact) mass is 228 g/mol. The lowest BCUT2D eigenvalue weighted by Crippen LogP contribution is -2.39. The fourth-order valence-electron chi connectivity index (χ4n) is 0.567. The molecule has 0 amide bonds. The summed E-state index contributed by atoms with van der Waals surface area (Å²) in [5, 5.41) is 26.0. The lowest BCUT2D eigenvalue weighted by molar-refractivity contribution is -0.343. The first-order valence-electron chi connectivity index (χ1n) is 3.44. The van der Waals surface area contributed by atoms with Crippen molar-refractivity contribution in [1.29, 1.82) is 0 Å². The van der Waals surface area contributed by atoms with Crippen LogP contribution in [0.2, 0.25) is 0 Å². The minimum Gasteiger partial charge on any atom is -0.790 e. The highest BCUT2D eigenvalue weighted by Crippen LogP contribution is 2.24. The van der Waals surface area contributed by atoms with E-state index in [0.29, 0.717) is 0 Å². The Morgan fingerprint density at radius 2 is 1.93 bits per heavy atom. The Hall–Kier alpha value is -0.340. The molecule has 14 heavy (non-hydrogen) atoms. The third kappa shape index (κ3) is 5.40. The van der Waals surface area contributed by atoms with Gasteiger partial charge in [0.25, 0.3) is 0 Å². The molecule has 0 aliphatic carbocycles. The maximum Gasteiger partial charge on any atom is 0.189 e. The second-order valence-electron chi connectivity index (χ2n) is 2.38. The van der Waals surface area contributed by atoms with E-state index in [4.69, 9.17) is 15.3 Å². The molecule has 0 aromatic carbocycles. The maximum absolute atomic E-state index is 10.5. The number of aliphatic hydroxyl groups is 3. The van der Waals surface area contributed by atoms with Gasteiger partial charge in [-0.2, -0.15) is 0 Å². The van der Waals surface area contributed by atoms with Crippen LogP contribution in [0.1, 0.15) is 0 Å². The van der Waals surface area contributed by atoms with Gasteiger partial charge in [-0.1, -0.05) is 0 Å². The van der Waals surface area contributed by atoms with Gasteiger partial charge in [0, 0.05) is 0 Å². The predicted molar refractivity (Wildman–Crippen MR) is 37.7 cm³/mol. The molecule has 0 fully saturated rings. The first-order valence-corrected chi connectivity index (χ1v) is 4.90. The molecule has 8 nitrogen and oxygen atoms in total. The van der Waals surface area contributed by atoms with Crippen LogP contribution in [-0.4, -0.2) is 46.5 Å². The number of hydrogen-bond donors (Lipinski definition) is 3. The van der Waals surface area contributed by atoms with Crippen LogP contribution in [0.25, 0.3) is 0 Å². The van der Waals surface area contributed by atoms with E-state index >= 15 is 0 Å². The van der Waals surface area contributed by atoms with Gasteiger partial charge < -0.3 is 34.2 Å². The molecule has 0 saturated heterocycles. The molecule has 0 aliphatic heterocycles. The van der Waals surface area contributed by atoms with Crippen LogP contribution in [0.3, 0.4) is 0 Å². The summed E-state index contributed by atoms with van der Waals surface area (Å²) >= 11 is 0. The molecule has 0 spiro atoms. The summed E-state index contributed by atoms with van der Waals surface area (Å²) in [5.74, 6) is -1.10. The van der Waals surface area contributed by atoms with Gasteiger partial charge in [0.1, 0.15) is 18.8 Å². The molecule has 0 radical (unpaired) electrons. The summed E-state index contributed by atoms with van der Waals surface area (Å²) in [4.78, 5) is 30.4. The minimum atomic E-state index is -5.24. The average molecular weight is 228 g/mol. The van der Waals surface area contributed by atoms with Crippen LogP contribution in [0.15, 0.2) is 0 Å². The van der Waals surface area contributed by atoms with Gasteiger partial charge in [-0.3, -0.25) is 4.79 Å². The van der Waals surface area contributed by atoms with Crippen molar-refractivity contribution in [1.82, 2.24) is 0 Å². The van der Waals surface area contributed by atoms with Crippen LogP contribution in [0.5, 0.6) is 0 Å². The van der Waals surface area contributed by atoms with Crippen molar-refractivity contribution >= 4 is 13.6 Å². The summed E-state index contributed by atoms with van der Waals surface area (Å²) in [5.41, 5.74) is 0. The number of carbonyl (C=O) groups is 1. The zero-order valence-electron chi connectivity index (χ0n) is 6.90. The molecule has 0 saturated carbocycles. The molecule has 0 rings (SSSR count).